The Kier molecular flexibility index (Phi) is 4.67. The van der Waals surface area contributed by atoms with Gasteiger partial charge in [0.15, 0.2) is 11.0 Å². The van der Waals surface area contributed by atoms with E-state index in [1.165, 1.54) is 9.80 Å². The monoisotopic (exact) mass is 432 g/mol. The number of hydrogen-bond donors (Lipinski definition) is 0. The molecular formula is C25H24N2O5. The van der Waals surface area contributed by atoms with Crippen LogP contribution in [0.4, 0.5) is 5.69 Å². The van der Waals surface area contributed by atoms with Crippen LogP contribution in [-0.4, -0.2) is 43.0 Å². The number of amides is 2. The van der Waals surface area contributed by atoms with Crippen molar-refractivity contribution in [2.24, 2.45) is 0 Å². The molecule has 1 atom stereocenters. The number of nitrogens with zero attached hydrogens (tertiary/aromatic N) is 2. The smallest absolute Gasteiger partial charge is 0.291 e. The molecule has 1 aromatic heterocycles. The largest absolute Gasteiger partial charge is 0.450 e. The molecule has 0 bridgehead atoms. The van der Waals surface area contributed by atoms with E-state index in [-0.39, 0.29) is 35.3 Å². The van der Waals surface area contributed by atoms with Gasteiger partial charge in [0.05, 0.1) is 17.1 Å². The second kappa shape index (κ2) is 7.31. The predicted octanol–water partition coefficient (Wildman–Crippen LogP) is 3.28. The van der Waals surface area contributed by atoms with Gasteiger partial charge in [0.2, 0.25) is 5.76 Å². The van der Waals surface area contributed by atoms with Crippen molar-refractivity contribution in [3.63, 3.8) is 0 Å². The molecule has 0 fully saturated rings. The van der Waals surface area contributed by atoms with Crippen molar-refractivity contribution >= 4 is 28.5 Å². The van der Waals surface area contributed by atoms with Gasteiger partial charge in [0.25, 0.3) is 11.8 Å². The molecule has 2 aliphatic rings. The highest BCUT2D eigenvalue weighted by Gasteiger charge is 2.64. The molecule has 0 N–H and O–H groups in total. The Labute approximate surface area is 185 Å². The lowest BCUT2D eigenvalue weighted by molar-refractivity contribution is -0.125. The number of likely N-dealkylation sites (N-methyl/N-ethyl adjacent to an activating group) is 1. The maximum Gasteiger partial charge on any atom is 0.291 e. The molecule has 1 unspecified atom stereocenters. The van der Waals surface area contributed by atoms with Crippen LogP contribution in [0.3, 0.4) is 0 Å². The Morgan fingerprint density at radius 2 is 1.75 bits per heavy atom. The van der Waals surface area contributed by atoms with E-state index in [1.54, 1.807) is 31.3 Å². The van der Waals surface area contributed by atoms with E-state index in [2.05, 4.69) is 0 Å². The van der Waals surface area contributed by atoms with Crippen molar-refractivity contribution in [2.75, 3.05) is 25.1 Å². The van der Waals surface area contributed by atoms with Crippen LogP contribution in [0, 0.1) is 0 Å². The van der Waals surface area contributed by atoms with Crippen molar-refractivity contribution in [1.29, 1.82) is 0 Å². The molecule has 7 heteroatoms. The van der Waals surface area contributed by atoms with Crippen LogP contribution < -0.4 is 10.3 Å². The Morgan fingerprint density at radius 1 is 1.03 bits per heavy atom. The van der Waals surface area contributed by atoms with E-state index in [0.29, 0.717) is 35.2 Å². The van der Waals surface area contributed by atoms with Gasteiger partial charge < -0.3 is 19.0 Å². The van der Waals surface area contributed by atoms with Crippen molar-refractivity contribution in [3.8, 4) is 0 Å². The molecule has 2 amide bonds. The summed E-state index contributed by atoms with van der Waals surface area (Å²) in [6.45, 7) is 4.57. The molecule has 0 aliphatic carbocycles. The molecule has 0 saturated heterocycles. The van der Waals surface area contributed by atoms with Gasteiger partial charge in [-0.15, -0.1) is 0 Å². The summed E-state index contributed by atoms with van der Waals surface area (Å²) in [5, 5.41) is 0.350. The average molecular weight is 432 g/mol. The van der Waals surface area contributed by atoms with E-state index < -0.39 is 11.4 Å². The molecular weight excluding hydrogens is 408 g/mol. The van der Waals surface area contributed by atoms with Gasteiger partial charge in [-0.25, -0.2) is 0 Å². The third-order valence-corrected chi connectivity index (χ3v) is 6.25. The van der Waals surface area contributed by atoms with Crippen LogP contribution in [0.1, 0.15) is 41.9 Å². The number of ether oxygens (including phenoxy) is 1. The van der Waals surface area contributed by atoms with Gasteiger partial charge in [-0.2, -0.15) is 0 Å². The number of para-hydroxylation sites is 2. The van der Waals surface area contributed by atoms with Gasteiger partial charge >= 0.3 is 0 Å². The lowest BCUT2D eigenvalue weighted by Gasteiger charge is -2.34. The van der Waals surface area contributed by atoms with Gasteiger partial charge in [0.1, 0.15) is 5.58 Å². The molecule has 32 heavy (non-hydrogen) atoms. The highest BCUT2D eigenvalue weighted by Crippen LogP contribution is 2.52. The Morgan fingerprint density at radius 3 is 2.53 bits per heavy atom. The Bertz CT molecular complexity index is 1310. The minimum absolute atomic E-state index is 0.0584. The number of anilines is 1. The zero-order valence-electron chi connectivity index (χ0n) is 18.3. The zero-order valence-corrected chi connectivity index (χ0v) is 18.3. The summed E-state index contributed by atoms with van der Waals surface area (Å²) in [6.07, 6.45) is 0.580. The molecule has 3 heterocycles. The maximum absolute atomic E-state index is 13.9. The summed E-state index contributed by atoms with van der Waals surface area (Å²) in [6, 6.07) is 14.1. The first-order chi connectivity index (χ1) is 15.4. The van der Waals surface area contributed by atoms with Crippen LogP contribution in [-0.2, 0) is 15.1 Å². The van der Waals surface area contributed by atoms with Crippen LogP contribution in [0.5, 0.6) is 0 Å². The first kappa shape index (κ1) is 20.5. The molecule has 1 spiro atoms. The molecule has 7 nitrogen and oxygen atoms in total. The third kappa shape index (κ3) is 2.61. The number of hydrogen-bond acceptors (Lipinski definition) is 5. The average Bonchev–Trinajstić information content (AvgIpc) is 3.16. The van der Waals surface area contributed by atoms with Gasteiger partial charge in [-0.05, 0) is 38.5 Å². The summed E-state index contributed by atoms with van der Waals surface area (Å²) in [7, 11) is 1.67. The van der Waals surface area contributed by atoms with Crippen LogP contribution in [0.25, 0.3) is 11.0 Å². The Hall–Kier alpha value is -3.45. The van der Waals surface area contributed by atoms with Gasteiger partial charge in [-0.1, -0.05) is 30.3 Å². The maximum atomic E-state index is 13.9. The van der Waals surface area contributed by atoms with Gasteiger partial charge in [-0.3, -0.25) is 14.4 Å². The first-order valence-corrected chi connectivity index (χ1v) is 10.8. The van der Waals surface area contributed by atoms with E-state index in [0.717, 1.165) is 0 Å². The van der Waals surface area contributed by atoms with E-state index in [1.807, 2.05) is 38.1 Å². The van der Waals surface area contributed by atoms with Crippen molar-refractivity contribution in [1.82, 2.24) is 4.90 Å². The fraction of sp³-hybridized carbons (Fsp3) is 0.320. The molecule has 5 rings (SSSR count). The molecule has 164 valence electrons. The summed E-state index contributed by atoms with van der Waals surface area (Å²) in [4.78, 5) is 44.2. The van der Waals surface area contributed by atoms with E-state index in [9.17, 15) is 14.4 Å². The fourth-order valence-electron chi connectivity index (χ4n) is 4.88. The van der Waals surface area contributed by atoms with Crippen molar-refractivity contribution < 1.29 is 18.7 Å². The predicted molar refractivity (Wildman–Crippen MR) is 120 cm³/mol. The summed E-state index contributed by atoms with van der Waals surface area (Å²) >= 11 is 0. The second-order valence-electron chi connectivity index (χ2n) is 8.45. The van der Waals surface area contributed by atoms with Crippen LogP contribution in [0.2, 0.25) is 0 Å². The standard InChI is InChI=1S/C25H24N2O5/c1-15(2)31-14-8-13-27-23(29)22-20(21(28)16-9-4-7-12-19(16)32-22)25(27)17-10-5-6-11-18(17)26(3)24(25)30/h4-7,9-12,15H,8,13-14H2,1-3H3. The zero-order chi connectivity index (χ0) is 22.6. The lowest BCUT2D eigenvalue weighted by Crippen LogP contribution is -2.53. The topological polar surface area (TPSA) is 80.1 Å². The summed E-state index contributed by atoms with van der Waals surface area (Å²) in [5.74, 6) is -0.846. The molecule has 3 aromatic rings. The summed E-state index contributed by atoms with van der Waals surface area (Å²) < 4.78 is 11.6. The van der Waals surface area contributed by atoms with E-state index in [4.69, 9.17) is 9.15 Å². The third-order valence-electron chi connectivity index (χ3n) is 6.25. The minimum Gasteiger partial charge on any atom is -0.450 e. The van der Waals surface area contributed by atoms with Gasteiger partial charge in [0, 0.05) is 31.5 Å². The number of carbonyl (C=O) groups is 2. The molecule has 2 aromatic carbocycles. The highest BCUT2D eigenvalue weighted by atomic mass is 16.5. The number of fused-ring (bicyclic) bond motifs is 5. The highest BCUT2D eigenvalue weighted by molar-refractivity contribution is 6.16. The SMILES string of the molecule is CC(C)OCCCN1C(=O)c2oc3ccccc3c(=O)c2C12C(=O)N(C)c1ccccc12. The lowest BCUT2D eigenvalue weighted by atomic mass is 9.84. The van der Waals surface area contributed by atoms with E-state index >= 15 is 0 Å². The normalized spacial score (nSPS) is 19.5. The molecule has 0 radical (unpaired) electrons. The number of carbonyl (C=O) groups excluding carboxylic acids is 2. The first-order valence-electron chi connectivity index (χ1n) is 10.8. The molecule has 2 aliphatic heterocycles. The van der Waals surface area contributed by atoms with Crippen LogP contribution in [0.15, 0.2) is 57.7 Å². The van der Waals surface area contributed by atoms with Crippen LogP contribution >= 0.6 is 0 Å². The van der Waals surface area contributed by atoms with Crippen molar-refractivity contribution in [2.45, 2.75) is 31.9 Å². The number of rotatable bonds is 5. The summed E-state index contributed by atoms with van der Waals surface area (Å²) in [5.41, 5.74) is -0.166. The van der Waals surface area contributed by atoms with Crippen molar-refractivity contribution in [3.05, 3.63) is 75.6 Å². The Balaban J connectivity index is 1.76. The fourth-order valence-corrected chi connectivity index (χ4v) is 4.88. The second-order valence-corrected chi connectivity index (χ2v) is 8.45. The number of benzene rings is 2. The minimum atomic E-state index is -1.54. The quantitative estimate of drug-likeness (QED) is 0.578. The molecule has 0 saturated carbocycles.